The predicted octanol–water partition coefficient (Wildman–Crippen LogP) is 5.81. The number of hydrogen-bond donors (Lipinski definition) is 2. The lowest BCUT2D eigenvalue weighted by Gasteiger charge is -2.41. The standard InChI is InChI=1S/C29H37ClN2O3/c1-35-23-10-11-26-24(19-23)28(25(30)20-31-26)27(34)12-13-29(21-33)14-17-32(18-15-29)16-6-5-9-22-7-3-2-4-8-22/h2-4,7-8,10-11,19-20,27,33-34H,5-6,9,12-18,21H2,1H3/t27-/m1/s1. The molecule has 3 aromatic rings. The van der Waals surface area contributed by atoms with E-state index in [0.29, 0.717) is 22.8 Å². The Balaban J connectivity index is 1.30. The number of fused-ring (bicyclic) bond motifs is 1. The molecule has 0 radical (unpaired) electrons. The van der Waals surface area contributed by atoms with E-state index in [2.05, 4.69) is 40.2 Å². The van der Waals surface area contributed by atoms with Crippen molar-refractivity contribution in [2.24, 2.45) is 5.41 Å². The highest BCUT2D eigenvalue weighted by molar-refractivity contribution is 6.32. The number of piperidine rings is 1. The fraction of sp³-hybridized carbons (Fsp3) is 0.483. The number of ether oxygens (including phenoxy) is 1. The maximum atomic E-state index is 11.1. The van der Waals surface area contributed by atoms with Crippen LogP contribution in [0.1, 0.15) is 55.8 Å². The summed E-state index contributed by atoms with van der Waals surface area (Å²) in [5, 5.41) is 22.7. The number of likely N-dealkylation sites (tertiary alicyclic amines) is 1. The molecule has 1 aliphatic heterocycles. The zero-order chi connectivity index (χ0) is 24.7. The van der Waals surface area contributed by atoms with Crippen LogP contribution in [-0.4, -0.2) is 53.4 Å². The lowest BCUT2D eigenvalue weighted by molar-refractivity contribution is 0.0233. The summed E-state index contributed by atoms with van der Waals surface area (Å²) in [6, 6.07) is 16.3. The summed E-state index contributed by atoms with van der Waals surface area (Å²) >= 11 is 6.48. The zero-order valence-corrected chi connectivity index (χ0v) is 21.4. The molecule has 0 amide bonds. The minimum atomic E-state index is -0.723. The van der Waals surface area contributed by atoms with Gasteiger partial charge in [0.1, 0.15) is 5.75 Å². The number of aromatic nitrogens is 1. The lowest BCUT2D eigenvalue weighted by Crippen LogP contribution is -2.42. The molecule has 1 aliphatic rings. The third kappa shape index (κ3) is 6.53. The Morgan fingerprint density at radius 3 is 2.60 bits per heavy atom. The van der Waals surface area contributed by atoms with Crippen molar-refractivity contribution in [1.29, 1.82) is 0 Å². The Labute approximate surface area is 213 Å². The molecular formula is C29H37ClN2O3. The maximum Gasteiger partial charge on any atom is 0.119 e. The normalized spacial score (nSPS) is 16.9. The van der Waals surface area contributed by atoms with Crippen molar-refractivity contribution in [1.82, 2.24) is 9.88 Å². The minimum absolute atomic E-state index is 0.144. The van der Waals surface area contributed by atoms with E-state index < -0.39 is 6.10 Å². The van der Waals surface area contributed by atoms with E-state index in [-0.39, 0.29) is 12.0 Å². The monoisotopic (exact) mass is 496 g/mol. The van der Waals surface area contributed by atoms with Crippen LogP contribution in [0.5, 0.6) is 5.75 Å². The summed E-state index contributed by atoms with van der Waals surface area (Å²) in [6.45, 7) is 3.26. The van der Waals surface area contributed by atoms with Crippen LogP contribution in [-0.2, 0) is 6.42 Å². The van der Waals surface area contributed by atoms with E-state index in [9.17, 15) is 10.2 Å². The van der Waals surface area contributed by atoms with E-state index in [1.165, 1.54) is 18.4 Å². The van der Waals surface area contributed by atoms with E-state index in [4.69, 9.17) is 16.3 Å². The van der Waals surface area contributed by atoms with E-state index in [1.807, 2.05) is 18.2 Å². The second kappa shape index (κ2) is 12.2. The van der Waals surface area contributed by atoms with E-state index in [1.54, 1.807) is 13.3 Å². The largest absolute Gasteiger partial charge is 0.497 e. The van der Waals surface area contributed by atoms with Gasteiger partial charge in [-0.05, 0) is 93.8 Å². The van der Waals surface area contributed by atoms with Gasteiger partial charge in [0.05, 0.1) is 23.8 Å². The highest BCUT2D eigenvalue weighted by Crippen LogP contribution is 2.40. The van der Waals surface area contributed by atoms with Crippen LogP contribution < -0.4 is 4.74 Å². The van der Waals surface area contributed by atoms with Crippen molar-refractivity contribution in [2.45, 2.75) is 51.0 Å². The third-order valence-electron chi connectivity index (χ3n) is 7.63. The predicted molar refractivity (Wildman–Crippen MR) is 142 cm³/mol. The van der Waals surface area contributed by atoms with Crippen molar-refractivity contribution in [3.05, 3.63) is 70.9 Å². The second-order valence-electron chi connectivity index (χ2n) is 9.90. The summed E-state index contributed by atoms with van der Waals surface area (Å²) in [5.74, 6) is 0.706. The fourth-order valence-corrected chi connectivity index (χ4v) is 5.54. The van der Waals surface area contributed by atoms with E-state index in [0.717, 1.165) is 56.2 Å². The number of methoxy groups -OCH3 is 1. The molecule has 1 atom stereocenters. The Morgan fingerprint density at radius 2 is 1.89 bits per heavy atom. The average Bonchev–Trinajstić information content (AvgIpc) is 2.90. The minimum Gasteiger partial charge on any atom is -0.497 e. The molecule has 1 fully saturated rings. The van der Waals surface area contributed by atoms with Gasteiger partial charge in [-0.15, -0.1) is 0 Å². The van der Waals surface area contributed by atoms with Gasteiger partial charge in [0.25, 0.3) is 0 Å². The molecule has 0 unspecified atom stereocenters. The second-order valence-corrected chi connectivity index (χ2v) is 10.3. The Morgan fingerprint density at radius 1 is 1.11 bits per heavy atom. The number of aliphatic hydroxyl groups is 2. The first kappa shape index (κ1) is 25.9. The lowest BCUT2D eigenvalue weighted by atomic mass is 9.74. The number of benzene rings is 2. The molecule has 0 bridgehead atoms. The summed E-state index contributed by atoms with van der Waals surface area (Å²) in [6.07, 6.45) is 7.61. The molecule has 4 rings (SSSR count). The van der Waals surface area contributed by atoms with Gasteiger partial charge in [-0.1, -0.05) is 41.9 Å². The number of rotatable bonds is 11. The zero-order valence-electron chi connectivity index (χ0n) is 20.6. The topological polar surface area (TPSA) is 65.8 Å². The molecule has 0 aliphatic carbocycles. The highest BCUT2D eigenvalue weighted by atomic mass is 35.5. The number of halogens is 1. The van der Waals surface area contributed by atoms with Crippen molar-refractivity contribution < 1.29 is 14.9 Å². The first-order chi connectivity index (χ1) is 17.0. The van der Waals surface area contributed by atoms with Crippen LogP contribution in [0.2, 0.25) is 5.02 Å². The molecule has 0 saturated carbocycles. The summed E-state index contributed by atoms with van der Waals surface area (Å²) in [7, 11) is 1.62. The Bertz CT molecular complexity index is 1080. The maximum absolute atomic E-state index is 11.1. The number of pyridine rings is 1. The highest BCUT2D eigenvalue weighted by Gasteiger charge is 2.34. The molecule has 35 heavy (non-hydrogen) atoms. The van der Waals surface area contributed by atoms with Crippen LogP contribution in [0.15, 0.2) is 54.7 Å². The van der Waals surface area contributed by atoms with Gasteiger partial charge in [-0.25, -0.2) is 0 Å². The molecule has 2 N–H and O–H groups in total. The molecule has 1 saturated heterocycles. The first-order valence-corrected chi connectivity index (χ1v) is 13.1. The molecule has 2 heterocycles. The van der Waals surface area contributed by atoms with Crippen molar-refractivity contribution in [3.63, 3.8) is 0 Å². The third-order valence-corrected chi connectivity index (χ3v) is 7.94. The van der Waals surface area contributed by atoms with Gasteiger partial charge in [0.15, 0.2) is 0 Å². The molecular weight excluding hydrogens is 460 g/mol. The van der Waals surface area contributed by atoms with Gasteiger partial charge in [0.2, 0.25) is 0 Å². The number of unbranched alkanes of at least 4 members (excludes halogenated alkanes) is 1. The number of aliphatic hydroxyl groups excluding tert-OH is 2. The van der Waals surface area contributed by atoms with Crippen molar-refractivity contribution >= 4 is 22.5 Å². The molecule has 2 aromatic carbocycles. The van der Waals surface area contributed by atoms with Gasteiger partial charge >= 0.3 is 0 Å². The smallest absolute Gasteiger partial charge is 0.119 e. The SMILES string of the molecule is COc1ccc2ncc(Cl)c([C@H](O)CCC3(CO)CCN(CCCCc4ccccc4)CC3)c2c1. The molecule has 0 spiro atoms. The van der Waals surface area contributed by atoms with Crippen molar-refractivity contribution in [2.75, 3.05) is 33.4 Å². The quantitative estimate of drug-likeness (QED) is 0.328. The molecule has 188 valence electrons. The summed E-state index contributed by atoms with van der Waals surface area (Å²) < 4.78 is 5.36. The van der Waals surface area contributed by atoms with Gasteiger partial charge in [0, 0.05) is 23.8 Å². The van der Waals surface area contributed by atoms with Crippen LogP contribution in [0.25, 0.3) is 10.9 Å². The number of nitrogens with zero attached hydrogens (tertiary/aromatic N) is 2. The van der Waals surface area contributed by atoms with Gasteiger partial charge in [-0.2, -0.15) is 0 Å². The van der Waals surface area contributed by atoms with Gasteiger partial charge < -0.3 is 19.8 Å². The van der Waals surface area contributed by atoms with Crippen LogP contribution >= 0.6 is 11.6 Å². The fourth-order valence-electron chi connectivity index (χ4n) is 5.27. The van der Waals surface area contributed by atoms with Gasteiger partial charge in [-0.3, -0.25) is 4.98 Å². The number of aryl methyl sites for hydroxylation is 1. The van der Waals surface area contributed by atoms with Crippen molar-refractivity contribution in [3.8, 4) is 5.75 Å². The molecule has 6 heteroatoms. The average molecular weight is 497 g/mol. The van der Waals surface area contributed by atoms with Crippen LogP contribution in [0.4, 0.5) is 0 Å². The summed E-state index contributed by atoms with van der Waals surface area (Å²) in [5.41, 5.74) is 2.74. The molecule has 1 aromatic heterocycles. The van der Waals surface area contributed by atoms with E-state index >= 15 is 0 Å². The first-order valence-electron chi connectivity index (χ1n) is 12.7. The van der Waals surface area contributed by atoms with Crippen LogP contribution in [0.3, 0.4) is 0 Å². The number of hydrogen-bond acceptors (Lipinski definition) is 5. The Hall–Kier alpha value is -2.18. The molecule has 5 nitrogen and oxygen atoms in total. The summed E-state index contributed by atoms with van der Waals surface area (Å²) in [4.78, 5) is 6.91. The Kier molecular flexibility index (Phi) is 9.01. The van der Waals surface area contributed by atoms with Crippen LogP contribution in [0, 0.1) is 5.41 Å².